The van der Waals surface area contributed by atoms with Crippen molar-refractivity contribution in [1.29, 1.82) is 0 Å². The number of nitrogens with zero attached hydrogens (tertiary/aromatic N) is 3. The number of carbonyl (C=O) groups is 1. The fraction of sp³-hybridized carbons (Fsp3) is 0.273. The Hall–Kier alpha value is -2.43. The van der Waals surface area contributed by atoms with Crippen molar-refractivity contribution in [2.24, 2.45) is 0 Å². The summed E-state index contributed by atoms with van der Waals surface area (Å²) in [6.07, 6.45) is 2.80. The van der Waals surface area contributed by atoms with Crippen LogP contribution in [0.15, 0.2) is 60.8 Å². The van der Waals surface area contributed by atoms with E-state index in [0.717, 1.165) is 38.1 Å². The first-order valence-electron chi connectivity index (χ1n) is 9.31. The monoisotopic (exact) mass is 379 g/mol. The summed E-state index contributed by atoms with van der Waals surface area (Å²) in [7, 11) is 0. The van der Waals surface area contributed by atoms with Gasteiger partial charge < -0.3 is 4.90 Å². The molecule has 1 aliphatic heterocycles. The van der Waals surface area contributed by atoms with Crippen molar-refractivity contribution >= 4 is 28.4 Å². The van der Waals surface area contributed by atoms with Crippen molar-refractivity contribution in [2.75, 3.05) is 26.2 Å². The molecule has 1 amide bonds. The number of benzene rings is 2. The molecule has 1 fully saturated rings. The van der Waals surface area contributed by atoms with E-state index in [0.29, 0.717) is 17.1 Å². The van der Waals surface area contributed by atoms with Gasteiger partial charge in [-0.25, -0.2) is 0 Å². The van der Waals surface area contributed by atoms with Crippen LogP contribution < -0.4 is 0 Å². The molecular weight excluding hydrogens is 358 g/mol. The Labute approximate surface area is 164 Å². The molecule has 4 nitrogen and oxygen atoms in total. The van der Waals surface area contributed by atoms with E-state index >= 15 is 0 Å². The number of rotatable bonds is 3. The van der Waals surface area contributed by atoms with Gasteiger partial charge in [-0.2, -0.15) is 0 Å². The van der Waals surface area contributed by atoms with Crippen molar-refractivity contribution in [3.8, 4) is 0 Å². The van der Waals surface area contributed by atoms with Gasteiger partial charge in [-0.3, -0.25) is 14.7 Å². The van der Waals surface area contributed by atoms with Crippen molar-refractivity contribution in [1.82, 2.24) is 14.8 Å². The fourth-order valence-corrected chi connectivity index (χ4v) is 3.89. The Morgan fingerprint density at radius 2 is 1.81 bits per heavy atom. The molecule has 27 heavy (non-hydrogen) atoms. The van der Waals surface area contributed by atoms with Gasteiger partial charge in [0.05, 0.1) is 16.1 Å². The van der Waals surface area contributed by atoms with Crippen LogP contribution in [0.4, 0.5) is 0 Å². The molecule has 3 aromatic rings. The first-order chi connectivity index (χ1) is 13.2. The van der Waals surface area contributed by atoms with Crippen LogP contribution in [0.3, 0.4) is 0 Å². The minimum absolute atomic E-state index is 0.0225. The second-order valence-electron chi connectivity index (χ2n) is 6.89. The maximum Gasteiger partial charge on any atom is 0.255 e. The zero-order valence-corrected chi connectivity index (χ0v) is 15.9. The SMILES string of the molecule is O=C(c1ccccc1Cl)N1CCCN(Cc2cccc3cccnc23)CC1. The third-order valence-electron chi connectivity index (χ3n) is 5.09. The van der Waals surface area contributed by atoms with Crippen LogP contribution in [0.25, 0.3) is 10.9 Å². The van der Waals surface area contributed by atoms with E-state index in [2.05, 4.69) is 34.1 Å². The predicted molar refractivity (Wildman–Crippen MR) is 109 cm³/mol. The van der Waals surface area contributed by atoms with E-state index in [1.807, 2.05) is 29.3 Å². The first-order valence-corrected chi connectivity index (χ1v) is 9.69. The van der Waals surface area contributed by atoms with Crippen LogP contribution in [0.5, 0.6) is 0 Å². The van der Waals surface area contributed by atoms with Gasteiger partial charge in [0, 0.05) is 44.3 Å². The van der Waals surface area contributed by atoms with Crippen LogP contribution in [0.1, 0.15) is 22.3 Å². The molecule has 0 unspecified atom stereocenters. The molecule has 0 N–H and O–H groups in total. The van der Waals surface area contributed by atoms with Gasteiger partial charge in [-0.15, -0.1) is 0 Å². The molecule has 1 aromatic heterocycles. The van der Waals surface area contributed by atoms with Gasteiger partial charge in [0.15, 0.2) is 0 Å². The van der Waals surface area contributed by atoms with Crippen LogP contribution in [-0.4, -0.2) is 46.9 Å². The molecule has 4 rings (SSSR count). The third kappa shape index (κ3) is 3.97. The quantitative estimate of drug-likeness (QED) is 0.683. The number of aromatic nitrogens is 1. The van der Waals surface area contributed by atoms with Gasteiger partial charge in [-0.1, -0.05) is 48.0 Å². The highest BCUT2D eigenvalue weighted by Crippen LogP contribution is 2.20. The predicted octanol–water partition coefficient (Wildman–Crippen LogP) is 4.24. The molecule has 2 heterocycles. The van der Waals surface area contributed by atoms with E-state index in [9.17, 15) is 4.79 Å². The summed E-state index contributed by atoms with van der Waals surface area (Å²) < 4.78 is 0. The summed E-state index contributed by atoms with van der Waals surface area (Å²) in [4.78, 5) is 21.7. The van der Waals surface area contributed by atoms with Crippen molar-refractivity contribution in [3.05, 3.63) is 76.9 Å². The van der Waals surface area contributed by atoms with Gasteiger partial charge >= 0.3 is 0 Å². The number of carbonyl (C=O) groups excluding carboxylic acids is 1. The molecule has 0 bridgehead atoms. The van der Waals surface area contributed by atoms with Crippen LogP contribution >= 0.6 is 11.6 Å². The molecule has 1 aliphatic rings. The number of fused-ring (bicyclic) bond motifs is 1. The second-order valence-corrected chi connectivity index (χ2v) is 7.30. The standard InChI is InChI=1S/C22H22ClN3O/c23-20-10-2-1-9-19(20)22(27)26-13-5-12-25(14-15-26)16-18-7-3-6-17-8-4-11-24-21(17)18/h1-4,6-11H,5,12-16H2. The highest BCUT2D eigenvalue weighted by molar-refractivity contribution is 6.33. The maximum atomic E-state index is 12.8. The minimum atomic E-state index is 0.0225. The average Bonchev–Trinajstić information content (AvgIpc) is 2.94. The number of hydrogen-bond acceptors (Lipinski definition) is 3. The second kappa shape index (κ2) is 8.07. The Morgan fingerprint density at radius 3 is 2.70 bits per heavy atom. The lowest BCUT2D eigenvalue weighted by atomic mass is 10.1. The molecule has 0 atom stereocenters. The van der Waals surface area contributed by atoms with Gasteiger partial charge in [0.1, 0.15) is 0 Å². The van der Waals surface area contributed by atoms with E-state index in [1.165, 1.54) is 10.9 Å². The number of amides is 1. The lowest BCUT2D eigenvalue weighted by molar-refractivity contribution is 0.0761. The molecule has 1 saturated heterocycles. The Bertz CT molecular complexity index is 954. The highest BCUT2D eigenvalue weighted by Gasteiger charge is 2.22. The molecule has 0 radical (unpaired) electrons. The topological polar surface area (TPSA) is 36.4 Å². The normalized spacial score (nSPS) is 15.7. The number of hydrogen-bond donors (Lipinski definition) is 0. The van der Waals surface area contributed by atoms with Gasteiger partial charge in [0.25, 0.3) is 5.91 Å². The lowest BCUT2D eigenvalue weighted by Crippen LogP contribution is -2.35. The third-order valence-corrected chi connectivity index (χ3v) is 5.42. The smallest absolute Gasteiger partial charge is 0.255 e. The molecule has 0 spiro atoms. The largest absolute Gasteiger partial charge is 0.337 e. The fourth-order valence-electron chi connectivity index (χ4n) is 3.67. The molecule has 138 valence electrons. The maximum absolute atomic E-state index is 12.8. The van der Waals surface area contributed by atoms with Crippen molar-refractivity contribution < 1.29 is 4.79 Å². The summed E-state index contributed by atoms with van der Waals surface area (Å²) >= 11 is 6.21. The Balaban J connectivity index is 1.46. The van der Waals surface area contributed by atoms with E-state index in [-0.39, 0.29) is 5.91 Å². The summed E-state index contributed by atoms with van der Waals surface area (Å²) in [5.41, 5.74) is 2.89. The van der Waals surface area contributed by atoms with Crippen molar-refractivity contribution in [3.63, 3.8) is 0 Å². The molecule has 0 aliphatic carbocycles. The molecular formula is C22H22ClN3O. The Morgan fingerprint density at radius 1 is 0.963 bits per heavy atom. The van der Waals surface area contributed by atoms with E-state index < -0.39 is 0 Å². The molecule has 2 aromatic carbocycles. The molecule has 0 saturated carbocycles. The zero-order valence-electron chi connectivity index (χ0n) is 15.1. The molecule has 5 heteroatoms. The first kappa shape index (κ1) is 18.0. The summed E-state index contributed by atoms with van der Waals surface area (Å²) in [5, 5.41) is 1.69. The van der Waals surface area contributed by atoms with Gasteiger partial charge in [0.2, 0.25) is 0 Å². The van der Waals surface area contributed by atoms with Crippen LogP contribution in [-0.2, 0) is 6.54 Å². The minimum Gasteiger partial charge on any atom is -0.337 e. The Kier molecular flexibility index (Phi) is 5.37. The summed E-state index contributed by atoms with van der Waals surface area (Å²) in [6.45, 7) is 4.13. The van der Waals surface area contributed by atoms with Crippen molar-refractivity contribution in [2.45, 2.75) is 13.0 Å². The average molecular weight is 380 g/mol. The number of pyridine rings is 1. The zero-order chi connectivity index (χ0) is 18.6. The summed E-state index contributed by atoms with van der Waals surface area (Å²) in [5.74, 6) is 0.0225. The highest BCUT2D eigenvalue weighted by atomic mass is 35.5. The number of para-hydroxylation sites is 1. The van der Waals surface area contributed by atoms with E-state index in [1.54, 1.807) is 12.1 Å². The number of halogens is 1. The summed E-state index contributed by atoms with van der Waals surface area (Å²) in [6, 6.07) is 17.7. The van der Waals surface area contributed by atoms with Gasteiger partial charge in [-0.05, 0) is 30.2 Å². The van der Waals surface area contributed by atoms with E-state index in [4.69, 9.17) is 11.6 Å². The van der Waals surface area contributed by atoms with Crippen LogP contribution in [0, 0.1) is 0 Å². The van der Waals surface area contributed by atoms with Crippen LogP contribution in [0.2, 0.25) is 5.02 Å². The lowest BCUT2D eigenvalue weighted by Gasteiger charge is -2.22.